The normalized spacial score (nSPS) is 10.8. The van der Waals surface area contributed by atoms with Gasteiger partial charge in [0, 0.05) is 6.54 Å². The van der Waals surface area contributed by atoms with E-state index >= 15 is 0 Å². The topological polar surface area (TPSA) is 21.3 Å². The molecule has 0 saturated heterocycles. The van der Waals surface area contributed by atoms with Crippen molar-refractivity contribution in [2.45, 2.75) is 0 Å². The fourth-order valence-electron chi connectivity index (χ4n) is 0.891. The first-order chi connectivity index (χ1) is 5.93. The molecule has 64 valence electrons. The maximum atomic E-state index is 4.68. The van der Waals surface area contributed by atoms with Gasteiger partial charge in [0.2, 0.25) is 0 Å². The standard InChI is InChI=1S/C10H13NO/c1-12-11-9-5-8-10-6-3-2-4-7-10/h2-8,11H,9H2,1H3. The summed E-state index contributed by atoms with van der Waals surface area (Å²) in [5.41, 5.74) is 3.94. The van der Waals surface area contributed by atoms with Crippen LogP contribution in [0.15, 0.2) is 36.4 Å². The summed E-state index contributed by atoms with van der Waals surface area (Å²) in [6, 6.07) is 10.2. The van der Waals surface area contributed by atoms with Gasteiger partial charge in [0.15, 0.2) is 0 Å². The van der Waals surface area contributed by atoms with Gasteiger partial charge in [0.1, 0.15) is 0 Å². The zero-order valence-corrected chi connectivity index (χ0v) is 7.16. The number of nitrogens with one attached hydrogen (secondary N) is 1. The molecule has 2 heteroatoms. The van der Waals surface area contributed by atoms with Crippen LogP contribution in [-0.4, -0.2) is 13.7 Å². The van der Waals surface area contributed by atoms with Crippen LogP contribution in [0, 0.1) is 0 Å². The monoisotopic (exact) mass is 163 g/mol. The Labute approximate surface area is 72.8 Å². The van der Waals surface area contributed by atoms with E-state index in [9.17, 15) is 0 Å². The molecule has 0 saturated carbocycles. The molecule has 0 aliphatic carbocycles. The molecular formula is C10H13NO. The van der Waals surface area contributed by atoms with Crippen LogP contribution in [0.4, 0.5) is 0 Å². The summed E-state index contributed by atoms with van der Waals surface area (Å²) in [6.45, 7) is 0.728. The molecule has 0 amide bonds. The number of rotatable bonds is 4. The molecule has 12 heavy (non-hydrogen) atoms. The second kappa shape index (κ2) is 5.52. The summed E-state index contributed by atoms with van der Waals surface area (Å²) in [5.74, 6) is 0. The van der Waals surface area contributed by atoms with E-state index in [0.717, 1.165) is 6.54 Å². The third kappa shape index (κ3) is 3.32. The van der Waals surface area contributed by atoms with Crippen LogP contribution in [0.1, 0.15) is 5.56 Å². The third-order valence-corrected chi connectivity index (χ3v) is 1.46. The van der Waals surface area contributed by atoms with Crippen molar-refractivity contribution in [3.63, 3.8) is 0 Å². The van der Waals surface area contributed by atoms with Crippen LogP contribution >= 0.6 is 0 Å². The molecule has 1 aromatic rings. The first kappa shape index (κ1) is 8.97. The minimum atomic E-state index is 0.728. The fourth-order valence-corrected chi connectivity index (χ4v) is 0.891. The second-order valence-corrected chi connectivity index (χ2v) is 2.37. The molecule has 0 aliphatic heterocycles. The van der Waals surface area contributed by atoms with E-state index < -0.39 is 0 Å². The predicted molar refractivity (Wildman–Crippen MR) is 50.5 cm³/mol. The Morgan fingerprint density at radius 2 is 2.08 bits per heavy atom. The van der Waals surface area contributed by atoms with Crippen LogP contribution in [0.25, 0.3) is 6.08 Å². The van der Waals surface area contributed by atoms with Crippen molar-refractivity contribution < 1.29 is 4.84 Å². The number of hydrogen-bond donors (Lipinski definition) is 1. The Balaban J connectivity index is 2.36. The molecule has 0 bridgehead atoms. The Bertz CT molecular complexity index is 231. The van der Waals surface area contributed by atoms with Gasteiger partial charge in [0.05, 0.1) is 7.11 Å². The van der Waals surface area contributed by atoms with Gasteiger partial charge in [-0.05, 0) is 5.56 Å². The van der Waals surface area contributed by atoms with E-state index in [1.165, 1.54) is 5.56 Å². The van der Waals surface area contributed by atoms with Gasteiger partial charge in [-0.25, -0.2) is 0 Å². The highest BCUT2D eigenvalue weighted by Crippen LogP contribution is 1.99. The van der Waals surface area contributed by atoms with Gasteiger partial charge in [-0.3, -0.25) is 0 Å². The van der Waals surface area contributed by atoms with Crippen molar-refractivity contribution in [2.75, 3.05) is 13.7 Å². The molecule has 0 atom stereocenters. The third-order valence-electron chi connectivity index (χ3n) is 1.46. The van der Waals surface area contributed by atoms with Crippen LogP contribution < -0.4 is 5.48 Å². The number of hydroxylamine groups is 1. The van der Waals surface area contributed by atoms with Crippen molar-refractivity contribution >= 4 is 6.08 Å². The molecule has 2 nitrogen and oxygen atoms in total. The summed E-state index contributed by atoms with van der Waals surface area (Å²) in [5, 5.41) is 0. The average Bonchev–Trinajstić information content (AvgIpc) is 2.14. The zero-order chi connectivity index (χ0) is 8.65. The van der Waals surface area contributed by atoms with Crippen molar-refractivity contribution in [3.05, 3.63) is 42.0 Å². The lowest BCUT2D eigenvalue weighted by atomic mass is 10.2. The second-order valence-electron chi connectivity index (χ2n) is 2.37. The molecule has 0 unspecified atom stereocenters. The van der Waals surface area contributed by atoms with E-state index in [0.29, 0.717) is 0 Å². The van der Waals surface area contributed by atoms with Crippen LogP contribution in [-0.2, 0) is 4.84 Å². The van der Waals surface area contributed by atoms with Gasteiger partial charge in [-0.15, -0.1) is 0 Å². The molecule has 1 aromatic carbocycles. The highest BCUT2D eigenvalue weighted by molar-refractivity contribution is 5.48. The van der Waals surface area contributed by atoms with Gasteiger partial charge in [-0.2, -0.15) is 5.48 Å². The van der Waals surface area contributed by atoms with Gasteiger partial charge >= 0.3 is 0 Å². The Morgan fingerprint density at radius 1 is 1.33 bits per heavy atom. The largest absolute Gasteiger partial charge is 0.305 e. The first-order valence-electron chi connectivity index (χ1n) is 3.91. The average molecular weight is 163 g/mol. The molecule has 0 aromatic heterocycles. The van der Waals surface area contributed by atoms with Crippen molar-refractivity contribution in [3.8, 4) is 0 Å². The summed E-state index contributed by atoms with van der Waals surface area (Å²) < 4.78 is 0. The lowest BCUT2D eigenvalue weighted by Gasteiger charge is -1.94. The SMILES string of the molecule is CONCC=Cc1ccccc1. The van der Waals surface area contributed by atoms with E-state index in [-0.39, 0.29) is 0 Å². The number of benzene rings is 1. The summed E-state index contributed by atoms with van der Waals surface area (Å²) in [7, 11) is 1.61. The lowest BCUT2D eigenvalue weighted by Crippen LogP contribution is -2.10. The highest BCUT2D eigenvalue weighted by atomic mass is 16.6. The summed E-state index contributed by atoms with van der Waals surface area (Å²) in [4.78, 5) is 4.68. The number of hydrogen-bond acceptors (Lipinski definition) is 2. The lowest BCUT2D eigenvalue weighted by molar-refractivity contribution is 0.101. The maximum Gasteiger partial charge on any atom is 0.0572 e. The fraction of sp³-hybridized carbons (Fsp3) is 0.200. The summed E-state index contributed by atoms with van der Waals surface area (Å²) >= 11 is 0. The Morgan fingerprint density at radius 3 is 2.75 bits per heavy atom. The van der Waals surface area contributed by atoms with Crippen LogP contribution in [0.2, 0.25) is 0 Å². The smallest absolute Gasteiger partial charge is 0.0572 e. The van der Waals surface area contributed by atoms with E-state index in [1.807, 2.05) is 30.4 Å². The molecule has 1 N–H and O–H groups in total. The summed E-state index contributed by atoms with van der Waals surface area (Å²) in [6.07, 6.45) is 4.06. The Hall–Kier alpha value is -1.12. The van der Waals surface area contributed by atoms with E-state index in [2.05, 4.69) is 22.5 Å². The van der Waals surface area contributed by atoms with Gasteiger partial charge < -0.3 is 4.84 Å². The molecule has 0 aliphatic rings. The van der Waals surface area contributed by atoms with Crippen molar-refractivity contribution in [1.29, 1.82) is 0 Å². The quantitative estimate of drug-likeness (QED) is 0.540. The Kier molecular flexibility index (Phi) is 4.13. The highest BCUT2D eigenvalue weighted by Gasteiger charge is 1.81. The molecule has 0 heterocycles. The van der Waals surface area contributed by atoms with Gasteiger partial charge in [0.25, 0.3) is 0 Å². The minimum Gasteiger partial charge on any atom is -0.305 e. The predicted octanol–water partition coefficient (Wildman–Crippen LogP) is 1.85. The first-order valence-corrected chi connectivity index (χ1v) is 3.91. The van der Waals surface area contributed by atoms with Crippen molar-refractivity contribution in [1.82, 2.24) is 5.48 Å². The van der Waals surface area contributed by atoms with E-state index in [1.54, 1.807) is 7.11 Å². The molecular weight excluding hydrogens is 150 g/mol. The minimum absolute atomic E-state index is 0.728. The molecule has 0 fully saturated rings. The van der Waals surface area contributed by atoms with Crippen LogP contribution in [0.3, 0.4) is 0 Å². The zero-order valence-electron chi connectivity index (χ0n) is 7.16. The maximum absolute atomic E-state index is 4.68. The van der Waals surface area contributed by atoms with E-state index in [4.69, 9.17) is 0 Å². The van der Waals surface area contributed by atoms with Crippen LogP contribution in [0.5, 0.6) is 0 Å². The van der Waals surface area contributed by atoms with Crippen molar-refractivity contribution in [2.24, 2.45) is 0 Å². The molecule has 1 rings (SSSR count). The van der Waals surface area contributed by atoms with Gasteiger partial charge in [-0.1, -0.05) is 42.5 Å². The molecule has 0 radical (unpaired) electrons. The molecule has 0 spiro atoms.